The minimum absolute atomic E-state index is 0.0221. The van der Waals surface area contributed by atoms with Crippen molar-refractivity contribution < 1.29 is 28.5 Å². The molecule has 6 rings (SSSR count). The summed E-state index contributed by atoms with van der Waals surface area (Å²) in [5.41, 5.74) is 3.91. The zero-order valence-corrected chi connectivity index (χ0v) is 28.2. The standard InChI is InChI=1S/C38H40N6O6/c1-4-35(45)43-18-13-29(14-19-43)50-31-10-8-26(33(23-31)32-12-17-41-42-38(32)48-3)9-11-36(46)44-20-15-28(16-21-44)49-30-7-5-6-27(22-30)37-34(47-2)24-39-25-40-37/h4-12,17,22-25,28-29H,1,13-16,18-21H2,2-3H3/b11-9+. The summed E-state index contributed by atoms with van der Waals surface area (Å²) in [5.74, 6) is 2.24. The second-order valence-electron chi connectivity index (χ2n) is 12.0. The summed E-state index contributed by atoms with van der Waals surface area (Å²) >= 11 is 0. The lowest BCUT2D eigenvalue weighted by Gasteiger charge is -2.31. The van der Waals surface area contributed by atoms with Crippen LogP contribution in [0.25, 0.3) is 28.5 Å². The molecule has 2 amide bonds. The van der Waals surface area contributed by atoms with Crippen LogP contribution in [0.1, 0.15) is 31.2 Å². The van der Waals surface area contributed by atoms with Gasteiger partial charge in [0, 0.05) is 69.1 Å². The maximum Gasteiger partial charge on any atom is 0.246 e. The van der Waals surface area contributed by atoms with Gasteiger partial charge in [-0.3, -0.25) is 9.59 Å². The lowest BCUT2D eigenvalue weighted by atomic mass is 9.99. The number of ether oxygens (including phenoxy) is 4. The molecule has 2 saturated heterocycles. The molecule has 0 bridgehead atoms. The molecular formula is C38H40N6O6. The van der Waals surface area contributed by atoms with E-state index in [-0.39, 0.29) is 24.0 Å². The monoisotopic (exact) mass is 676 g/mol. The molecule has 258 valence electrons. The van der Waals surface area contributed by atoms with Crippen molar-refractivity contribution in [2.45, 2.75) is 37.9 Å². The summed E-state index contributed by atoms with van der Waals surface area (Å²) < 4.78 is 23.6. The van der Waals surface area contributed by atoms with Crippen LogP contribution >= 0.6 is 0 Å². The average molecular weight is 677 g/mol. The van der Waals surface area contributed by atoms with Gasteiger partial charge in [-0.1, -0.05) is 24.8 Å². The van der Waals surface area contributed by atoms with E-state index >= 15 is 0 Å². The molecule has 0 spiro atoms. The van der Waals surface area contributed by atoms with Gasteiger partial charge in [-0.15, -0.1) is 5.10 Å². The third kappa shape index (κ3) is 8.08. The highest BCUT2D eigenvalue weighted by Gasteiger charge is 2.25. The molecule has 50 heavy (non-hydrogen) atoms. The van der Waals surface area contributed by atoms with E-state index in [0.717, 1.165) is 40.8 Å². The largest absolute Gasteiger partial charge is 0.493 e. The molecule has 0 N–H and O–H groups in total. The Bertz CT molecular complexity index is 1850. The molecule has 2 aliphatic heterocycles. The van der Waals surface area contributed by atoms with Crippen LogP contribution < -0.4 is 18.9 Å². The van der Waals surface area contributed by atoms with Crippen molar-refractivity contribution in [3.05, 3.63) is 91.5 Å². The summed E-state index contributed by atoms with van der Waals surface area (Å²) in [6.45, 7) is 5.97. The predicted octanol–water partition coefficient (Wildman–Crippen LogP) is 5.26. The highest BCUT2D eigenvalue weighted by atomic mass is 16.5. The van der Waals surface area contributed by atoms with E-state index < -0.39 is 0 Å². The topological polar surface area (TPSA) is 129 Å². The Balaban J connectivity index is 1.10. The molecule has 2 aliphatic rings. The minimum Gasteiger partial charge on any atom is -0.493 e. The molecule has 12 heteroatoms. The van der Waals surface area contributed by atoms with Crippen LogP contribution in [0.4, 0.5) is 0 Å². The van der Waals surface area contributed by atoms with Crippen LogP contribution in [-0.2, 0) is 9.59 Å². The number of amides is 2. The fourth-order valence-electron chi connectivity index (χ4n) is 6.23. The van der Waals surface area contributed by atoms with Gasteiger partial charge in [0.2, 0.25) is 17.7 Å². The molecule has 0 radical (unpaired) electrons. The average Bonchev–Trinajstić information content (AvgIpc) is 3.17. The molecule has 2 fully saturated rings. The van der Waals surface area contributed by atoms with Gasteiger partial charge < -0.3 is 28.7 Å². The number of carbonyl (C=O) groups is 2. The van der Waals surface area contributed by atoms with Crippen LogP contribution in [0, 0.1) is 0 Å². The quantitative estimate of drug-likeness (QED) is 0.194. The first-order valence-electron chi connectivity index (χ1n) is 16.6. The smallest absolute Gasteiger partial charge is 0.246 e. The second kappa shape index (κ2) is 16.1. The van der Waals surface area contributed by atoms with Gasteiger partial charge in [0.1, 0.15) is 35.7 Å². The lowest BCUT2D eigenvalue weighted by molar-refractivity contribution is -0.128. The number of carbonyl (C=O) groups excluding carboxylic acids is 2. The lowest BCUT2D eigenvalue weighted by Crippen LogP contribution is -2.41. The van der Waals surface area contributed by atoms with Crippen molar-refractivity contribution in [1.82, 2.24) is 30.0 Å². The molecule has 0 saturated carbocycles. The van der Waals surface area contributed by atoms with E-state index in [1.165, 1.54) is 12.4 Å². The summed E-state index contributed by atoms with van der Waals surface area (Å²) in [7, 11) is 3.14. The molecule has 4 heterocycles. The van der Waals surface area contributed by atoms with Gasteiger partial charge in [0.15, 0.2) is 5.75 Å². The van der Waals surface area contributed by atoms with Crippen molar-refractivity contribution in [2.24, 2.45) is 0 Å². The number of piperidine rings is 2. The van der Waals surface area contributed by atoms with Crippen molar-refractivity contribution in [2.75, 3.05) is 40.4 Å². The fourth-order valence-corrected chi connectivity index (χ4v) is 6.23. The number of hydrogen-bond donors (Lipinski definition) is 0. The number of likely N-dealkylation sites (tertiary alicyclic amines) is 2. The van der Waals surface area contributed by atoms with E-state index in [0.29, 0.717) is 62.1 Å². The van der Waals surface area contributed by atoms with E-state index in [4.69, 9.17) is 18.9 Å². The van der Waals surface area contributed by atoms with Gasteiger partial charge in [-0.25, -0.2) is 9.97 Å². The van der Waals surface area contributed by atoms with Crippen molar-refractivity contribution in [1.29, 1.82) is 0 Å². The Kier molecular flexibility index (Phi) is 11.0. The van der Waals surface area contributed by atoms with E-state index in [1.807, 2.05) is 59.5 Å². The third-order valence-electron chi connectivity index (χ3n) is 8.89. The first-order chi connectivity index (χ1) is 24.4. The van der Waals surface area contributed by atoms with Crippen molar-refractivity contribution in [3.63, 3.8) is 0 Å². The first-order valence-corrected chi connectivity index (χ1v) is 16.6. The molecule has 0 unspecified atom stereocenters. The van der Waals surface area contributed by atoms with Gasteiger partial charge in [-0.2, -0.15) is 5.10 Å². The molecule has 4 aromatic rings. The Morgan fingerprint density at radius 1 is 0.840 bits per heavy atom. The van der Waals surface area contributed by atoms with Gasteiger partial charge in [0.25, 0.3) is 0 Å². The Morgan fingerprint density at radius 2 is 1.54 bits per heavy atom. The summed E-state index contributed by atoms with van der Waals surface area (Å²) in [4.78, 5) is 37.4. The van der Waals surface area contributed by atoms with E-state index in [1.54, 1.807) is 37.6 Å². The van der Waals surface area contributed by atoms with E-state index in [9.17, 15) is 9.59 Å². The van der Waals surface area contributed by atoms with Crippen LogP contribution in [-0.4, -0.2) is 94.4 Å². The Labute approximate surface area is 291 Å². The first kappa shape index (κ1) is 34.1. The van der Waals surface area contributed by atoms with Crippen molar-refractivity contribution in [3.8, 4) is 45.5 Å². The van der Waals surface area contributed by atoms with Crippen LogP contribution in [0.3, 0.4) is 0 Å². The summed E-state index contributed by atoms with van der Waals surface area (Å²) in [6, 6.07) is 15.3. The normalized spacial score (nSPS) is 15.5. The third-order valence-corrected chi connectivity index (χ3v) is 8.89. The Morgan fingerprint density at radius 3 is 2.22 bits per heavy atom. The molecule has 12 nitrogen and oxygen atoms in total. The maximum absolute atomic E-state index is 13.4. The Hall–Kier alpha value is -5.78. The van der Waals surface area contributed by atoms with Crippen LogP contribution in [0.5, 0.6) is 23.1 Å². The zero-order valence-electron chi connectivity index (χ0n) is 28.2. The fraction of sp³-hybridized carbons (Fsp3) is 0.316. The van der Waals surface area contributed by atoms with Crippen molar-refractivity contribution >= 4 is 17.9 Å². The number of rotatable bonds is 11. The molecular weight excluding hydrogens is 636 g/mol. The predicted molar refractivity (Wildman–Crippen MR) is 188 cm³/mol. The number of benzene rings is 2. The maximum atomic E-state index is 13.4. The molecule has 0 atom stereocenters. The highest BCUT2D eigenvalue weighted by molar-refractivity contribution is 5.93. The molecule has 2 aromatic carbocycles. The summed E-state index contributed by atoms with van der Waals surface area (Å²) in [5, 5.41) is 8.11. The molecule has 2 aromatic heterocycles. The van der Waals surface area contributed by atoms with Gasteiger partial charge in [0.05, 0.1) is 26.6 Å². The van der Waals surface area contributed by atoms with E-state index in [2.05, 4.69) is 26.7 Å². The van der Waals surface area contributed by atoms with Crippen LogP contribution in [0.15, 0.2) is 86.0 Å². The molecule has 0 aliphatic carbocycles. The minimum atomic E-state index is -0.0757. The number of hydrogen-bond acceptors (Lipinski definition) is 10. The summed E-state index contributed by atoms with van der Waals surface area (Å²) in [6.07, 6.45) is 12.3. The zero-order chi connectivity index (χ0) is 34.9. The number of nitrogens with zero attached hydrogens (tertiary/aromatic N) is 6. The van der Waals surface area contributed by atoms with Crippen LogP contribution in [0.2, 0.25) is 0 Å². The SMILES string of the molecule is C=CC(=O)N1CCC(Oc2ccc(/C=C/C(=O)N3CCC(Oc4cccc(-c5ncncc5OC)c4)CC3)c(-c3ccnnc3OC)c2)CC1. The number of aromatic nitrogens is 4. The van der Waals surface area contributed by atoms with Gasteiger partial charge in [-0.05, 0) is 53.6 Å². The van der Waals surface area contributed by atoms with Gasteiger partial charge >= 0.3 is 0 Å². The highest BCUT2D eigenvalue weighted by Crippen LogP contribution is 2.35. The second-order valence-corrected chi connectivity index (χ2v) is 12.0. The number of methoxy groups -OCH3 is 2.